The van der Waals surface area contributed by atoms with Crippen molar-refractivity contribution in [2.45, 2.75) is 19.4 Å². The van der Waals surface area contributed by atoms with Crippen LogP contribution in [0.25, 0.3) is 0 Å². The Labute approximate surface area is 135 Å². The molecule has 1 aromatic heterocycles. The third-order valence-electron chi connectivity index (χ3n) is 3.66. The molecule has 1 atom stereocenters. The molecule has 1 aromatic carbocycles. The van der Waals surface area contributed by atoms with Gasteiger partial charge < -0.3 is 14.4 Å². The number of rotatable bonds is 5. The van der Waals surface area contributed by atoms with Crippen LogP contribution in [-0.4, -0.2) is 41.6 Å². The second-order valence-electron chi connectivity index (χ2n) is 5.46. The number of ether oxygens (including phenoxy) is 2. The molecule has 0 fully saturated rings. The van der Waals surface area contributed by atoms with Crippen LogP contribution in [0.4, 0.5) is 0 Å². The van der Waals surface area contributed by atoms with Crippen LogP contribution < -0.4 is 9.47 Å². The van der Waals surface area contributed by atoms with Gasteiger partial charge in [-0.05, 0) is 30.7 Å². The van der Waals surface area contributed by atoms with Gasteiger partial charge in [0.15, 0.2) is 17.6 Å². The highest BCUT2D eigenvalue weighted by Crippen LogP contribution is 2.31. The molecular weight excluding hydrogens is 292 g/mol. The van der Waals surface area contributed by atoms with Crippen molar-refractivity contribution < 1.29 is 14.3 Å². The molecule has 1 aliphatic rings. The van der Waals surface area contributed by atoms with Gasteiger partial charge in [-0.2, -0.15) is 0 Å². The summed E-state index contributed by atoms with van der Waals surface area (Å²) in [5, 5.41) is 0. The highest BCUT2D eigenvalue weighted by molar-refractivity contribution is 5.92. The molecule has 5 heteroatoms. The largest absolute Gasteiger partial charge is 0.486 e. The number of amides is 1. The molecule has 0 unspecified atom stereocenters. The van der Waals surface area contributed by atoms with Gasteiger partial charge in [0.05, 0.1) is 6.54 Å². The lowest BCUT2D eigenvalue weighted by Gasteiger charge is -2.31. The number of carbonyl (C=O) groups is 1. The highest BCUT2D eigenvalue weighted by atomic mass is 16.6. The molecule has 1 amide bonds. The Bertz CT molecular complexity index is 660. The van der Waals surface area contributed by atoms with E-state index in [-0.39, 0.29) is 12.0 Å². The Morgan fingerprint density at radius 2 is 2.00 bits per heavy atom. The normalized spacial score (nSPS) is 16.0. The monoisotopic (exact) mass is 312 g/mol. The number of hydrogen-bond donors (Lipinski definition) is 0. The summed E-state index contributed by atoms with van der Waals surface area (Å²) >= 11 is 0. The molecule has 23 heavy (non-hydrogen) atoms. The smallest absolute Gasteiger partial charge is 0.272 e. The molecule has 2 aromatic rings. The van der Waals surface area contributed by atoms with E-state index in [1.54, 1.807) is 23.2 Å². The van der Waals surface area contributed by atoms with Gasteiger partial charge in [-0.15, -0.1) is 0 Å². The first kappa shape index (κ1) is 15.3. The first-order chi connectivity index (χ1) is 11.3. The Balaban J connectivity index is 1.70. The summed E-state index contributed by atoms with van der Waals surface area (Å²) < 4.78 is 11.7. The number of pyridine rings is 1. The van der Waals surface area contributed by atoms with Crippen LogP contribution in [0, 0.1) is 0 Å². The number of benzene rings is 1. The lowest BCUT2D eigenvalue weighted by atomic mass is 10.2. The van der Waals surface area contributed by atoms with E-state index in [1.807, 2.05) is 37.3 Å². The van der Waals surface area contributed by atoms with Gasteiger partial charge in [0, 0.05) is 12.7 Å². The predicted molar refractivity (Wildman–Crippen MR) is 86.8 cm³/mol. The summed E-state index contributed by atoms with van der Waals surface area (Å²) in [7, 11) is 0. The molecule has 0 saturated carbocycles. The van der Waals surface area contributed by atoms with Crippen LogP contribution in [-0.2, 0) is 0 Å². The Hall–Kier alpha value is -2.56. The van der Waals surface area contributed by atoms with Crippen LogP contribution in [0.1, 0.15) is 23.8 Å². The second kappa shape index (κ2) is 7.13. The van der Waals surface area contributed by atoms with Crippen LogP contribution in [0.3, 0.4) is 0 Å². The summed E-state index contributed by atoms with van der Waals surface area (Å²) in [6.45, 7) is 3.63. The van der Waals surface area contributed by atoms with E-state index in [0.717, 1.165) is 17.9 Å². The fraction of sp³-hybridized carbons (Fsp3) is 0.333. The first-order valence-electron chi connectivity index (χ1n) is 7.86. The number of carbonyl (C=O) groups excluding carboxylic acids is 1. The predicted octanol–water partition coefficient (Wildman–Crippen LogP) is 2.77. The summed E-state index contributed by atoms with van der Waals surface area (Å²) in [6, 6.07) is 12.9. The molecular formula is C18H20N2O3. The van der Waals surface area contributed by atoms with Gasteiger partial charge in [-0.1, -0.05) is 25.1 Å². The zero-order valence-electron chi connectivity index (χ0n) is 13.1. The summed E-state index contributed by atoms with van der Waals surface area (Å²) in [5.74, 6) is 1.40. The molecule has 0 N–H and O–H groups in total. The average Bonchev–Trinajstić information content (AvgIpc) is 2.61. The van der Waals surface area contributed by atoms with Gasteiger partial charge in [0.2, 0.25) is 0 Å². The molecule has 0 bridgehead atoms. The maximum atomic E-state index is 12.6. The fourth-order valence-electron chi connectivity index (χ4n) is 2.60. The molecule has 120 valence electrons. The van der Waals surface area contributed by atoms with Crippen LogP contribution in [0.5, 0.6) is 11.5 Å². The number of nitrogens with zero attached hydrogens (tertiary/aromatic N) is 2. The van der Waals surface area contributed by atoms with Crippen LogP contribution >= 0.6 is 0 Å². The molecule has 1 aliphatic heterocycles. The quantitative estimate of drug-likeness (QED) is 0.852. The van der Waals surface area contributed by atoms with E-state index in [0.29, 0.717) is 25.4 Å². The molecule has 0 radical (unpaired) electrons. The van der Waals surface area contributed by atoms with Crippen molar-refractivity contribution >= 4 is 5.91 Å². The van der Waals surface area contributed by atoms with E-state index in [2.05, 4.69) is 4.98 Å². The van der Waals surface area contributed by atoms with Crippen molar-refractivity contribution in [2.75, 3.05) is 19.7 Å². The summed E-state index contributed by atoms with van der Waals surface area (Å²) in [6.07, 6.45) is 2.33. The zero-order valence-corrected chi connectivity index (χ0v) is 13.1. The third kappa shape index (κ3) is 3.62. The second-order valence-corrected chi connectivity index (χ2v) is 5.46. The molecule has 2 heterocycles. The maximum Gasteiger partial charge on any atom is 0.272 e. The molecule has 5 nitrogen and oxygen atoms in total. The van der Waals surface area contributed by atoms with Crippen molar-refractivity contribution in [3.63, 3.8) is 0 Å². The Kier molecular flexibility index (Phi) is 4.76. The first-order valence-corrected chi connectivity index (χ1v) is 7.86. The van der Waals surface area contributed by atoms with E-state index < -0.39 is 0 Å². The van der Waals surface area contributed by atoms with Gasteiger partial charge in [-0.25, -0.2) is 0 Å². The molecule has 3 rings (SSSR count). The zero-order chi connectivity index (χ0) is 16.1. The van der Waals surface area contributed by atoms with Crippen molar-refractivity contribution in [3.8, 4) is 11.5 Å². The minimum atomic E-state index is -0.177. The molecule has 0 spiro atoms. The minimum Gasteiger partial charge on any atom is -0.486 e. The van der Waals surface area contributed by atoms with E-state index in [4.69, 9.17) is 9.47 Å². The van der Waals surface area contributed by atoms with E-state index in [9.17, 15) is 4.79 Å². The van der Waals surface area contributed by atoms with Crippen LogP contribution in [0.2, 0.25) is 0 Å². The van der Waals surface area contributed by atoms with Crippen molar-refractivity contribution in [1.29, 1.82) is 0 Å². The summed E-state index contributed by atoms with van der Waals surface area (Å²) in [4.78, 5) is 18.6. The SMILES string of the molecule is CCCN(C[C@@H]1COc2ccccc2O1)C(=O)c1ccccn1. The minimum absolute atomic E-state index is 0.0742. The lowest BCUT2D eigenvalue weighted by Crippen LogP contribution is -2.44. The number of para-hydroxylation sites is 2. The Morgan fingerprint density at radius 3 is 2.74 bits per heavy atom. The van der Waals surface area contributed by atoms with Crippen molar-refractivity contribution in [2.24, 2.45) is 0 Å². The molecule has 0 aliphatic carbocycles. The van der Waals surface area contributed by atoms with E-state index in [1.165, 1.54) is 0 Å². The number of aromatic nitrogens is 1. The van der Waals surface area contributed by atoms with Crippen molar-refractivity contribution in [1.82, 2.24) is 9.88 Å². The maximum absolute atomic E-state index is 12.6. The average molecular weight is 312 g/mol. The van der Waals surface area contributed by atoms with Gasteiger partial charge in [0.25, 0.3) is 5.91 Å². The van der Waals surface area contributed by atoms with Gasteiger partial charge in [0.1, 0.15) is 12.3 Å². The molecule has 0 saturated heterocycles. The van der Waals surface area contributed by atoms with E-state index >= 15 is 0 Å². The number of fused-ring (bicyclic) bond motifs is 1. The summed E-state index contributed by atoms with van der Waals surface area (Å²) in [5.41, 5.74) is 0.457. The standard InChI is InChI=1S/C18H20N2O3/c1-2-11-20(18(21)15-7-5-6-10-19-15)12-14-13-22-16-8-3-4-9-17(16)23-14/h3-10,14H,2,11-13H2,1H3/t14-/m1/s1. The van der Waals surface area contributed by atoms with Gasteiger partial charge in [-0.3, -0.25) is 9.78 Å². The topological polar surface area (TPSA) is 51.7 Å². The van der Waals surface area contributed by atoms with Crippen LogP contribution in [0.15, 0.2) is 48.7 Å². The lowest BCUT2D eigenvalue weighted by molar-refractivity contribution is 0.0459. The third-order valence-corrected chi connectivity index (χ3v) is 3.66. The highest BCUT2D eigenvalue weighted by Gasteiger charge is 2.26. The van der Waals surface area contributed by atoms with Gasteiger partial charge >= 0.3 is 0 Å². The van der Waals surface area contributed by atoms with Crippen molar-refractivity contribution in [3.05, 3.63) is 54.4 Å². The Morgan fingerprint density at radius 1 is 1.22 bits per heavy atom. The number of hydrogen-bond acceptors (Lipinski definition) is 4. The fourth-order valence-corrected chi connectivity index (χ4v) is 2.60.